The molecule has 0 bridgehead atoms. The second-order valence-corrected chi connectivity index (χ2v) is 16.7. The molecule has 1 nitrogen and oxygen atoms in total. The molecular weight excluding hydrogens is 202 g/mol. The van der Waals surface area contributed by atoms with Gasteiger partial charge in [-0.1, -0.05) is 44.5 Å². The van der Waals surface area contributed by atoms with Gasteiger partial charge < -0.3 is 0 Å². The third-order valence-electron chi connectivity index (χ3n) is 2.33. The fraction of sp³-hybridized carbons (Fsp3) is 0.545. The SMILES string of the molecule is C[Si](C)(C)C[Si](C)(C)c1ccccn1. The van der Waals surface area contributed by atoms with Crippen molar-refractivity contribution >= 4 is 21.5 Å². The van der Waals surface area contributed by atoms with Crippen LogP contribution in [-0.2, 0) is 0 Å². The molecule has 0 saturated carbocycles. The molecule has 0 amide bonds. The third kappa shape index (κ3) is 3.38. The van der Waals surface area contributed by atoms with Gasteiger partial charge >= 0.3 is 0 Å². The summed E-state index contributed by atoms with van der Waals surface area (Å²) in [5.41, 5.74) is 1.43. The first-order valence-corrected chi connectivity index (χ1v) is 12.1. The van der Waals surface area contributed by atoms with Gasteiger partial charge in [0.15, 0.2) is 0 Å². The maximum Gasteiger partial charge on any atom is 0.102 e. The number of hydrogen-bond donors (Lipinski definition) is 0. The molecule has 1 rings (SSSR count). The molecule has 0 saturated heterocycles. The highest BCUT2D eigenvalue weighted by Gasteiger charge is 2.31. The van der Waals surface area contributed by atoms with Crippen molar-refractivity contribution in [3.05, 3.63) is 24.4 Å². The average Bonchev–Trinajstić information content (AvgIpc) is 2.01. The molecule has 14 heavy (non-hydrogen) atoms. The van der Waals surface area contributed by atoms with Crippen molar-refractivity contribution in [3.63, 3.8) is 0 Å². The Morgan fingerprint density at radius 1 is 1.07 bits per heavy atom. The summed E-state index contributed by atoms with van der Waals surface area (Å²) in [6.45, 7) is 12.2. The van der Waals surface area contributed by atoms with Crippen LogP contribution in [0.3, 0.4) is 0 Å². The number of nitrogens with zero attached hydrogens (tertiary/aromatic N) is 1. The summed E-state index contributed by atoms with van der Waals surface area (Å²) in [5.74, 6) is 0. The van der Waals surface area contributed by atoms with Crippen LogP contribution in [0.5, 0.6) is 0 Å². The quantitative estimate of drug-likeness (QED) is 0.718. The van der Waals surface area contributed by atoms with Gasteiger partial charge in [-0.05, 0) is 12.1 Å². The fourth-order valence-corrected chi connectivity index (χ4v) is 14.5. The summed E-state index contributed by atoms with van der Waals surface area (Å²) in [5, 5.41) is 1.36. The smallest absolute Gasteiger partial charge is 0.102 e. The monoisotopic (exact) mass is 223 g/mol. The minimum absolute atomic E-state index is 0.954. The summed E-state index contributed by atoms with van der Waals surface area (Å²) in [6.07, 6.45) is 1.92. The molecule has 0 fully saturated rings. The first-order valence-electron chi connectivity index (χ1n) is 5.23. The van der Waals surface area contributed by atoms with Crippen LogP contribution < -0.4 is 5.32 Å². The Hall–Kier alpha value is -0.416. The van der Waals surface area contributed by atoms with Crippen molar-refractivity contribution in [2.75, 3.05) is 0 Å². The van der Waals surface area contributed by atoms with Crippen molar-refractivity contribution in [1.29, 1.82) is 0 Å². The molecule has 0 atom stereocenters. The van der Waals surface area contributed by atoms with Crippen molar-refractivity contribution < 1.29 is 0 Å². The van der Waals surface area contributed by atoms with E-state index in [1.807, 2.05) is 12.3 Å². The summed E-state index contributed by atoms with van der Waals surface area (Å²) in [7, 11) is -2.22. The molecule has 0 aliphatic heterocycles. The van der Waals surface area contributed by atoms with Gasteiger partial charge in [0.25, 0.3) is 0 Å². The Labute approximate surface area is 89.6 Å². The van der Waals surface area contributed by atoms with Gasteiger partial charge in [0, 0.05) is 19.6 Å². The number of pyridine rings is 1. The van der Waals surface area contributed by atoms with Gasteiger partial charge in [-0.2, -0.15) is 0 Å². The van der Waals surface area contributed by atoms with Gasteiger partial charge in [-0.25, -0.2) is 0 Å². The summed E-state index contributed by atoms with van der Waals surface area (Å²) >= 11 is 0. The van der Waals surface area contributed by atoms with Crippen molar-refractivity contribution in [3.8, 4) is 0 Å². The van der Waals surface area contributed by atoms with Gasteiger partial charge in [0.1, 0.15) is 8.07 Å². The molecule has 0 aliphatic carbocycles. The van der Waals surface area contributed by atoms with Gasteiger partial charge in [0.2, 0.25) is 0 Å². The zero-order valence-corrected chi connectivity index (χ0v) is 12.0. The highest BCUT2D eigenvalue weighted by molar-refractivity contribution is 7.00. The molecule has 1 heterocycles. The molecular formula is C11H21NSi2. The van der Waals surface area contributed by atoms with Crippen LogP contribution in [0.4, 0.5) is 0 Å². The first kappa shape index (κ1) is 11.7. The fourth-order valence-electron chi connectivity index (χ4n) is 2.18. The van der Waals surface area contributed by atoms with E-state index in [4.69, 9.17) is 0 Å². The molecule has 0 N–H and O–H groups in total. The van der Waals surface area contributed by atoms with E-state index in [-0.39, 0.29) is 0 Å². The minimum Gasteiger partial charge on any atom is -0.266 e. The molecule has 0 aliphatic rings. The molecule has 78 valence electrons. The summed E-state index contributed by atoms with van der Waals surface area (Å²) in [4.78, 5) is 4.52. The predicted octanol–water partition coefficient (Wildman–Crippen LogP) is 2.87. The van der Waals surface area contributed by atoms with Crippen LogP contribution in [0.1, 0.15) is 0 Å². The maximum atomic E-state index is 4.52. The molecule has 0 spiro atoms. The Balaban J connectivity index is 2.86. The van der Waals surface area contributed by atoms with Gasteiger partial charge in [-0.15, -0.1) is 0 Å². The molecule has 1 aromatic heterocycles. The maximum absolute atomic E-state index is 4.52. The molecule has 1 aromatic rings. The molecule has 0 aromatic carbocycles. The zero-order chi connectivity index (χ0) is 10.8. The predicted molar refractivity (Wildman–Crippen MR) is 69.5 cm³/mol. The standard InChI is InChI=1S/C11H21NSi2/c1-13(2,3)10-14(4,5)11-8-6-7-9-12-11/h6-9H,10H2,1-5H3. The lowest BCUT2D eigenvalue weighted by atomic mass is 10.5. The van der Waals surface area contributed by atoms with E-state index in [1.54, 1.807) is 0 Å². The van der Waals surface area contributed by atoms with Crippen molar-refractivity contribution in [2.24, 2.45) is 0 Å². The normalized spacial score (nSPS) is 12.9. The minimum atomic E-state index is -1.26. The van der Waals surface area contributed by atoms with E-state index in [9.17, 15) is 0 Å². The lowest BCUT2D eigenvalue weighted by molar-refractivity contribution is 1.35. The summed E-state index contributed by atoms with van der Waals surface area (Å²) < 4.78 is 0. The van der Waals surface area contributed by atoms with Gasteiger partial charge in [0.05, 0.1) is 0 Å². The Morgan fingerprint density at radius 2 is 1.71 bits per heavy atom. The topological polar surface area (TPSA) is 12.9 Å². The second-order valence-electron chi connectivity index (χ2n) is 5.84. The first-order chi connectivity index (χ1) is 6.31. The molecule has 0 unspecified atom stereocenters. The lowest BCUT2D eigenvalue weighted by Crippen LogP contribution is -2.48. The van der Waals surface area contributed by atoms with E-state index in [1.165, 1.54) is 11.0 Å². The van der Waals surface area contributed by atoms with Gasteiger partial charge in [-0.3, -0.25) is 4.98 Å². The number of rotatable bonds is 3. The van der Waals surface area contributed by atoms with E-state index < -0.39 is 16.1 Å². The Morgan fingerprint density at radius 3 is 2.14 bits per heavy atom. The Bertz CT molecular complexity index is 288. The van der Waals surface area contributed by atoms with Crippen LogP contribution in [0.15, 0.2) is 24.4 Å². The van der Waals surface area contributed by atoms with Crippen LogP contribution in [-0.4, -0.2) is 21.1 Å². The number of aromatic nitrogens is 1. The van der Waals surface area contributed by atoms with Crippen LogP contribution >= 0.6 is 0 Å². The third-order valence-corrected chi connectivity index (χ3v) is 11.8. The zero-order valence-electron chi connectivity index (χ0n) is 9.96. The molecule has 0 radical (unpaired) electrons. The highest BCUT2D eigenvalue weighted by Crippen LogP contribution is 2.18. The van der Waals surface area contributed by atoms with Crippen molar-refractivity contribution in [2.45, 2.75) is 38.4 Å². The van der Waals surface area contributed by atoms with Crippen LogP contribution in [0.25, 0.3) is 0 Å². The van der Waals surface area contributed by atoms with Crippen molar-refractivity contribution in [1.82, 2.24) is 4.98 Å². The molecule has 3 heteroatoms. The van der Waals surface area contributed by atoms with Crippen LogP contribution in [0, 0.1) is 0 Å². The average molecular weight is 223 g/mol. The second kappa shape index (κ2) is 3.99. The van der Waals surface area contributed by atoms with E-state index in [0.717, 1.165) is 0 Å². The van der Waals surface area contributed by atoms with Crippen LogP contribution in [0.2, 0.25) is 38.4 Å². The number of hydrogen-bond acceptors (Lipinski definition) is 1. The summed E-state index contributed by atoms with van der Waals surface area (Å²) in [6, 6.07) is 6.32. The largest absolute Gasteiger partial charge is 0.266 e. The lowest BCUT2D eigenvalue weighted by Gasteiger charge is -2.28. The highest BCUT2D eigenvalue weighted by atomic mass is 28.4. The van der Waals surface area contributed by atoms with E-state index in [2.05, 4.69) is 49.9 Å². The van der Waals surface area contributed by atoms with E-state index >= 15 is 0 Å². The Kier molecular flexibility index (Phi) is 3.32. The van der Waals surface area contributed by atoms with E-state index in [0.29, 0.717) is 0 Å².